The van der Waals surface area contributed by atoms with Crippen molar-refractivity contribution in [2.45, 2.75) is 18.2 Å². The lowest BCUT2D eigenvalue weighted by Crippen LogP contribution is -2.42. The highest BCUT2D eigenvalue weighted by Gasteiger charge is 2.47. The fourth-order valence-corrected chi connectivity index (χ4v) is 7.80. The zero-order valence-electron chi connectivity index (χ0n) is 19.4. The first-order valence-electron chi connectivity index (χ1n) is 12.5. The molecule has 36 heavy (non-hydrogen) atoms. The van der Waals surface area contributed by atoms with Crippen molar-refractivity contribution in [2.75, 3.05) is 0 Å². The van der Waals surface area contributed by atoms with Crippen LogP contribution >= 0.6 is 11.3 Å². The molecule has 1 N–H and O–H groups in total. The van der Waals surface area contributed by atoms with E-state index in [9.17, 15) is 0 Å². The van der Waals surface area contributed by atoms with Gasteiger partial charge in [0, 0.05) is 42.0 Å². The molecule has 1 aliphatic carbocycles. The number of para-hydroxylation sites is 1. The van der Waals surface area contributed by atoms with Crippen molar-refractivity contribution in [3.8, 4) is 11.1 Å². The zero-order valence-corrected chi connectivity index (χ0v) is 20.2. The molecular weight excluding hydrogens is 458 g/mol. The van der Waals surface area contributed by atoms with Gasteiger partial charge in [-0.3, -0.25) is 10.3 Å². The van der Waals surface area contributed by atoms with Crippen molar-refractivity contribution in [3.05, 3.63) is 109 Å². The minimum absolute atomic E-state index is 0.174. The number of nitrogens with zero attached hydrogens (tertiary/aromatic N) is 2. The van der Waals surface area contributed by atoms with E-state index in [2.05, 4.69) is 113 Å². The van der Waals surface area contributed by atoms with E-state index in [-0.39, 0.29) is 6.04 Å². The Labute approximate surface area is 211 Å². The van der Waals surface area contributed by atoms with Crippen molar-refractivity contribution in [3.63, 3.8) is 0 Å². The van der Waals surface area contributed by atoms with Gasteiger partial charge in [0.05, 0.1) is 23.8 Å². The summed E-state index contributed by atoms with van der Waals surface area (Å²) in [4.78, 5) is 5.33. The highest BCUT2D eigenvalue weighted by atomic mass is 32.1. The van der Waals surface area contributed by atoms with Crippen LogP contribution in [0.1, 0.15) is 5.56 Å². The smallest absolute Gasteiger partial charge is 0.157 e. The van der Waals surface area contributed by atoms with Crippen molar-refractivity contribution in [1.82, 2.24) is 9.88 Å². The fourth-order valence-electron chi connectivity index (χ4n) is 6.60. The first kappa shape index (κ1) is 19.2. The molecule has 1 spiro atoms. The molecule has 2 unspecified atom stereocenters. The molecule has 4 heteroatoms. The van der Waals surface area contributed by atoms with Gasteiger partial charge in [-0.25, -0.2) is 0 Å². The lowest BCUT2D eigenvalue weighted by Gasteiger charge is -2.24. The predicted octanol–water partition coefficient (Wildman–Crippen LogP) is 7.53. The van der Waals surface area contributed by atoms with Gasteiger partial charge >= 0.3 is 0 Å². The summed E-state index contributed by atoms with van der Waals surface area (Å²) in [6.07, 6.45) is 8.59. The zero-order chi connectivity index (χ0) is 23.4. The number of hydrogen-bond acceptors (Lipinski definition) is 3. The molecule has 4 heterocycles. The molecule has 9 rings (SSSR count). The quantitative estimate of drug-likeness (QED) is 0.259. The van der Waals surface area contributed by atoms with Gasteiger partial charge in [0.15, 0.2) is 5.66 Å². The average molecular weight is 480 g/mol. The van der Waals surface area contributed by atoms with Crippen LogP contribution in [0.3, 0.4) is 0 Å². The molecule has 0 saturated carbocycles. The van der Waals surface area contributed by atoms with Gasteiger partial charge < -0.3 is 4.57 Å². The van der Waals surface area contributed by atoms with E-state index in [1.54, 1.807) is 0 Å². The van der Waals surface area contributed by atoms with Gasteiger partial charge in [-0.05, 0) is 35.4 Å². The van der Waals surface area contributed by atoms with Crippen molar-refractivity contribution >= 4 is 59.0 Å². The Kier molecular flexibility index (Phi) is 3.53. The minimum Gasteiger partial charge on any atom is -0.336 e. The van der Waals surface area contributed by atoms with Gasteiger partial charge in [0.1, 0.15) is 0 Å². The Hall–Kier alpha value is -3.99. The van der Waals surface area contributed by atoms with E-state index in [4.69, 9.17) is 4.99 Å². The molecule has 3 nitrogen and oxygen atoms in total. The monoisotopic (exact) mass is 479 g/mol. The molecule has 0 bridgehead atoms. The Morgan fingerprint density at radius 2 is 1.72 bits per heavy atom. The number of allylic oxidation sites excluding steroid dienone is 2. The molecular formula is C32H21N3S. The molecule has 3 aliphatic rings. The predicted molar refractivity (Wildman–Crippen MR) is 152 cm³/mol. The topological polar surface area (TPSA) is 29.3 Å². The van der Waals surface area contributed by atoms with Crippen LogP contribution in [0, 0.1) is 0 Å². The molecule has 0 amide bonds. The molecule has 6 aromatic rings. The second-order valence-corrected chi connectivity index (χ2v) is 11.1. The molecule has 2 aliphatic heterocycles. The van der Waals surface area contributed by atoms with Crippen molar-refractivity contribution < 1.29 is 0 Å². The summed E-state index contributed by atoms with van der Waals surface area (Å²) < 4.78 is 5.18. The summed E-state index contributed by atoms with van der Waals surface area (Å²) >= 11 is 1.90. The summed E-state index contributed by atoms with van der Waals surface area (Å²) in [6, 6.07) is 29.1. The number of nitrogens with one attached hydrogen (secondary N) is 1. The molecule has 0 saturated heterocycles. The number of hydrogen-bond donors (Lipinski definition) is 1. The standard InChI is InChI=1S/C32H21N3S/c1-2-8-19(9-3-1)20-14-15-22-27(16-20)36-28-17-23-31-30(29(22)28)21-10-4-7-13-26(21)35(31)18-32(23)33-24-11-5-6-12-25(24)34-32/h1-17,24,33H,18H2. The first-order valence-corrected chi connectivity index (χ1v) is 13.3. The Balaban J connectivity index is 1.39. The maximum Gasteiger partial charge on any atom is 0.157 e. The van der Waals surface area contributed by atoms with Crippen LogP contribution in [0.25, 0.3) is 53.1 Å². The van der Waals surface area contributed by atoms with Crippen LogP contribution in [0.5, 0.6) is 0 Å². The highest BCUT2D eigenvalue weighted by molar-refractivity contribution is 7.26. The average Bonchev–Trinajstić information content (AvgIpc) is 3.65. The van der Waals surface area contributed by atoms with E-state index < -0.39 is 5.66 Å². The third-order valence-corrected chi connectivity index (χ3v) is 9.22. The number of aliphatic imine (C=N–C) groups is 1. The molecule has 2 atom stereocenters. The van der Waals surface area contributed by atoms with Gasteiger partial charge in [0.25, 0.3) is 0 Å². The number of rotatable bonds is 1. The number of thiophene rings is 1. The van der Waals surface area contributed by atoms with Gasteiger partial charge in [-0.15, -0.1) is 11.3 Å². The summed E-state index contributed by atoms with van der Waals surface area (Å²) in [7, 11) is 0. The van der Waals surface area contributed by atoms with Crippen molar-refractivity contribution in [2.24, 2.45) is 4.99 Å². The maximum absolute atomic E-state index is 5.33. The van der Waals surface area contributed by atoms with E-state index in [1.165, 1.54) is 58.7 Å². The normalized spacial score (nSPS) is 22.0. The van der Waals surface area contributed by atoms with Crippen LogP contribution < -0.4 is 5.32 Å². The fraction of sp³-hybridized carbons (Fsp3) is 0.0938. The SMILES string of the molecule is C1=CC2=NC3(Cn4c5ccccc5c5c6c(cc3c54)sc3cc(-c4ccccc4)ccc36)NC2C=C1. The second kappa shape index (κ2) is 6.61. The largest absolute Gasteiger partial charge is 0.336 e. The minimum atomic E-state index is -0.420. The molecule has 0 radical (unpaired) electrons. The van der Waals surface area contributed by atoms with Gasteiger partial charge in [0.2, 0.25) is 0 Å². The summed E-state index contributed by atoms with van der Waals surface area (Å²) in [5.41, 5.74) is 7.17. The third-order valence-electron chi connectivity index (χ3n) is 8.12. The Morgan fingerprint density at radius 1 is 0.833 bits per heavy atom. The summed E-state index contributed by atoms with van der Waals surface area (Å²) in [5, 5.41) is 9.33. The Morgan fingerprint density at radius 3 is 2.64 bits per heavy atom. The van der Waals surface area contributed by atoms with Gasteiger partial charge in [-0.1, -0.05) is 78.9 Å². The lowest BCUT2D eigenvalue weighted by atomic mass is 9.95. The van der Waals surface area contributed by atoms with Crippen molar-refractivity contribution in [1.29, 1.82) is 0 Å². The van der Waals surface area contributed by atoms with Crippen LogP contribution in [0.15, 0.2) is 108 Å². The van der Waals surface area contributed by atoms with E-state index >= 15 is 0 Å². The van der Waals surface area contributed by atoms with Crippen LogP contribution in [-0.2, 0) is 12.2 Å². The van der Waals surface area contributed by atoms with E-state index in [1.807, 2.05) is 11.3 Å². The van der Waals surface area contributed by atoms with Crippen LogP contribution in [0.2, 0.25) is 0 Å². The maximum atomic E-state index is 5.33. The second-order valence-electron chi connectivity index (χ2n) is 10.1. The molecule has 2 aromatic heterocycles. The summed E-state index contributed by atoms with van der Waals surface area (Å²) in [6.45, 7) is 0.821. The lowest BCUT2D eigenvalue weighted by molar-refractivity contribution is 0.352. The Bertz CT molecular complexity index is 2000. The third kappa shape index (κ3) is 2.33. The van der Waals surface area contributed by atoms with E-state index in [0.29, 0.717) is 0 Å². The highest BCUT2D eigenvalue weighted by Crippen LogP contribution is 2.51. The first-order chi connectivity index (χ1) is 17.8. The number of fused-ring (bicyclic) bond motifs is 9. The van der Waals surface area contributed by atoms with Crippen LogP contribution in [0.4, 0.5) is 0 Å². The van der Waals surface area contributed by atoms with Gasteiger partial charge in [-0.2, -0.15) is 0 Å². The molecule has 170 valence electrons. The molecule has 4 aromatic carbocycles. The molecule has 0 fully saturated rings. The summed E-state index contributed by atoms with van der Waals surface area (Å²) in [5.74, 6) is 0. The number of aromatic nitrogens is 1. The number of benzene rings is 4. The van der Waals surface area contributed by atoms with Crippen LogP contribution in [-0.4, -0.2) is 16.3 Å². The van der Waals surface area contributed by atoms with E-state index in [0.717, 1.165) is 12.3 Å².